The smallest absolute Gasteiger partial charge is 0.260 e. The molecule has 0 heterocycles. The van der Waals surface area contributed by atoms with Crippen LogP contribution in [0.25, 0.3) is 10.8 Å². The second-order valence-electron chi connectivity index (χ2n) is 7.29. The minimum Gasteiger partial charge on any atom is -0.398 e. The van der Waals surface area contributed by atoms with Crippen LogP contribution in [-0.4, -0.2) is 23.7 Å². The molecule has 150 valence electrons. The fourth-order valence-electron chi connectivity index (χ4n) is 3.84. The third-order valence-corrected chi connectivity index (χ3v) is 5.33. The number of fused-ring (bicyclic) bond motifs is 1. The second kappa shape index (κ2) is 8.80. The number of anilines is 2. The Kier molecular flexibility index (Phi) is 5.77. The Morgan fingerprint density at radius 1 is 0.833 bits per heavy atom. The average molecular weight is 396 g/mol. The van der Waals surface area contributed by atoms with Gasteiger partial charge in [-0.15, -0.1) is 0 Å². The van der Waals surface area contributed by atoms with Gasteiger partial charge < -0.3 is 15.7 Å². The number of carbonyl (C=O) groups excluding carboxylic acids is 1. The molecule has 4 rings (SSSR count). The van der Waals surface area contributed by atoms with Gasteiger partial charge in [0.05, 0.1) is 23.9 Å². The molecule has 0 saturated carbocycles. The number of benzene rings is 4. The molecule has 4 aromatic rings. The van der Waals surface area contributed by atoms with Crippen molar-refractivity contribution in [2.24, 2.45) is 0 Å². The van der Waals surface area contributed by atoms with E-state index in [0.29, 0.717) is 17.7 Å². The summed E-state index contributed by atoms with van der Waals surface area (Å²) in [5.74, 6) is -0.223. The number of nitrogen functional groups attached to an aromatic ring is 1. The number of aliphatic hydroxyl groups is 1. The van der Waals surface area contributed by atoms with Gasteiger partial charge in [-0.25, -0.2) is 0 Å². The molecule has 1 amide bonds. The fraction of sp³-hybridized carbons (Fsp3) is 0.115. The summed E-state index contributed by atoms with van der Waals surface area (Å²) in [6.07, 6.45) is 0.527. The van der Waals surface area contributed by atoms with Crippen LogP contribution in [-0.2, 0) is 6.42 Å². The van der Waals surface area contributed by atoms with Crippen LogP contribution in [0, 0.1) is 0 Å². The van der Waals surface area contributed by atoms with Gasteiger partial charge in [0.15, 0.2) is 0 Å². The Morgan fingerprint density at radius 3 is 2.27 bits per heavy atom. The van der Waals surface area contributed by atoms with Crippen LogP contribution < -0.4 is 10.6 Å². The molecule has 0 saturated heterocycles. The topological polar surface area (TPSA) is 66.6 Å². The van der Waals surface area contributed by atoms with Gasteiger partial charge in [-0.05, 0) is 35.6 Å². The molecule has 1 unspecified atom stereocenters. The third-order valence-electron chi connectivity index (χ3n) is 5.33. The largest absolute Gasteiger partial charge is 0.398 e. The Hall–Kier alpha value is -3.63. The Labute approximate surface area is 176 Å². The van der Waals surface area contributed by atoms with E-state index in [4.69, 9.17) is 5.73 Å². The van der Waals surface area contributed by atoms with Crippen molar-refractivity contribution in [3.05, 3.63) is 108 Å². The first-order valence-electron chi connectivity index (χ1n) is 9.99. The van der Waals surface area contributed by atoms with Crippen molar-refractivity contribution in [1.29, 1.82) is 0 Å². The normalized spacial score (nSPS) is 11.9. The lowest BCUT2D eigenvalue weighted by Crippen LogP contribution is -2.44. The van der Waals surface area contributed by atoms with Gasteiger partial charge in [0.25, 0.3) is 5.91 Å². The van der Waals surface area contributed by atoms with E-state index < -0.39 is 6.04 Å². The Morgan fingerprint density at radius 2 is 1.50 bits per heavy atom. The van der Waals surface area contributed by atoms with Crippen molar-refractivity contribution < 1.29 is 9.90 Å². The van der Waals surface area contributed by atoms with Crippen molar-refractivity contribution in [2.45, 2.75) is 12.5 Å². The lowest BCUT2D eigenvalue weighted by atomic mass is 10.0. The van der Waals surface area contributed by atoms with E-state index in [-0.39, 0.29) is 12.5 Å². The number of amides is 1. The molecule has 0 bridgehead atoms. The van der Waals surface area contributed by atoms with Gasteiger partial charge in [-0.3, -0.25) is 4.79 Å². The van der Waals surface area contributed by atoms with E-state index in [1.54, 1.807) is 23.1 Å². The van der Waals surface area contributed by atoms with Crippen LogP contribution in [0.4, 0.5) is 11.4 Å². The van der Waals surface area contributed by atoms with Crippen molar-refractivity contribution in [3.63, 3.8) is 0 Å². The number of hydrogen-bond donors (Lipinski definition) is 2. The van der Waals surface area contributed by atoms with E-state index in [1.165, 1.54) is 0 Å². The molecule has 0 spiro atoms. The molecule has 1 atom stereocenters. The highest BCUT2D eigenvalue weighted by Crippen LogP contribution is 2.31. The first-order chi connectivity index (χ1) is 14.7. The number of rotatable bonds is 6. The van der Waals surface area contributed by atoms with Crippen LogP contribution in [0.1, 0.15) is 15.9 Å². The molecule has 0 radical (unpaired) electrons. The summed E-state index contributed by atoms with van der Waals surface area (Å²) >= 11 is 0. The second-order valence-corrected chi connectivity index (χ2v) is 7.29. The van der Waals surface area contributed by atoms with Crippen molar-refractivity contribution in [2.75, 3.05) is 17.2 Å². The highest BCUT2D eigenvalue weighted by molar-refractivity contribution is 6.13. The van der Waals surface area contributed by atoms with E-state index in [9.17, 15) is 9.90 Å². The predicted octanol–water partition coefficient (Wildman–Crippen LogP) is 4.67. The van der Waals surface area contributed by atoms with Crippen LogP contribution in [0.15, 0.2) is 97.1 Å². The van der Waals surface area contributed by atoms with Crippen molar-refractivity contribution >= 4 is 28.1 Å². The monoisotopic (exact) mass is 396 g/mol. The highest BCUT2D eigenvalue weighted by atomic mass is 16.3. The zero-order valence-corrected chi connectivity index (χ0v) is 16.6. The molecule has 0 aromatic heterocycles. The minimum absolute atomic E-state index is 0.170. The number of carbonyl (C=O) groups is 1. The van der Waals surface area contributed by atoms with E-state index >= 15 is 0 Å². The van der Waals surface area contributed by atoms with Gasteiger partial charge in [0.2, 0.25) is 0 Å². The Bertz CT molecular complexity index is 1150. The number of para-hydroxylation sites is 1. The lowest BCUT2D eigenvalue weighted by molar-refractivity contribution is 0.0964. The van der Waals surface area contributed by atoms with Gasteiger partial charge in [-0.2, -0.15) is 0 Å². The quantitative estimate of drug-likeness (QED) is 0.465. The van der Waals surface area contributed by atoms with Gasteiger partial charge >= 0.3 is 0 Å². The maximum Gasteiger partial charge on any atom is 0.260 e. The molecule has 3 N–H and O–H groups in total. The van der Waals surface area contributed by atoms with Gasteiger partial charge in [0, 0.05) is 11.1 Å². The molecule has 4 aromatic carbocycles. The van der Waals surface area contributed by atoms with E-state index in [1.807, 2.05) is 78.9 Å². The van der Waals surface area contributed by atoms with Crippen LogP contribution in [0.5, 0.6) is 0 Å². The molecule has 30 heavy (non-hydrogen) atoms. The first-order valence-corrected chi connectivity index (χ1v) is 9.99. The summed E-state index contributed by atoms with van der Waals surface area (Å²) in [5, 5.41) is 12.3. The van der Waals surface area contributed by atoms with E-state index in [0.717, 1.165) is 22.0 Å². The maximum atomic E-state index is 13.7. The molecule has 4 heteroatoms. The summed E-state index contributed by atoms with van der Waals surface area (Å²) in [6, 6.07) is 30.3. The van der Waals surface area contributed by atoms with Crippen LogP contribution >= 0.6 is 0 Å². The average Bonchev–Trinajstić information content (AvgIpc) is 2.79. The molecule has 4 nitrogen and oxygen atoms in total. The minimum atomic E-state index is -0.440. The SMILES string of the molecule is Nc1ccccc1C(=O)N(c1cccc2ccccc12)C(CO)Cc1ccccc1. The predicted molar refractivity (Wildman–Crippen MR) is 123 cm³/mol. The molecule has 0 aliphatic heterocycles. The maximum absolute atomic E-state index is 13.7. The first kappa shape index (κ1) is 19.7. The zero-order valence-electron chi connectivity index (χ0n) is 16.6. The van der Waals surface area contributed by atoms with Crippen molar-refractivity contribution in [1.82, 2.24) is 0 Å². The van der Waals surface area contributed by atoms with Crippen LogP contribution in [0.3, 0.4) is 0 Å². The summed E-state index contributed by atoms with van der Waals surface area (Å²) in [5.41, 5.74) is 8.79. The number of nitrogens with two attached hydrogens (primary N) is 1. The van der Waals surface area contributed by atoms with Gasteiger partial charge in [-0.1, -0.05) is 78.9 Å². The lowest BCUT2D eigenvalue weighted by Gasteiger charge is -2.32. The summed E-state index contributed by atoms with van der Waals surface area (Å²) in [4.78, 5) is 15.4. The van der Waals surface area contributed by atoms with Crippen LogP contribution in [0.2, 0.25) is 0 Å². The summed E-state index contributed by atoms with van der Waals surface area (Å²) in [7, 11) is 0. The third kappa shape index (κ3) is 3.91. The van der Waals surface area contributed by atoms with E-state index in [2.05, 4.69) is 0 Å². The molecular formula is C26H24N2O2. The summed E-state index contributed by atoms with van der Waals surface area (Å²) < 4.78 is 0. The highest BCUT2D eigenvalue weighted by Gasteiger charge is 2.28. The number of nitrogens with zero attached hydrogens (tertiary/aromatic N) is 1. The van der Waals surface area contributed by atoms with Crippen molar-refractivity contribution in [3.8, 4) is 0 Å². The molecule has 0 aliphatic carbocycles. The summed E-state index contributed by atoms with van der Waals surface area (Å²) in [6.45, 7) is -0.170. The zero-order chi connectivity index (χ0) is 20.9. The van der Waals surface area contributed by atoms with Gasteiger partial charge in [0.1, 0.15) is 0 Å². The number of aliphatic hydroxyl groups excluding tert-OH is 1. The molecule has 0 fully saturated rings. The Balaban J connectivity index is 1.86. The standard InChI is InChI=1S/C26H24N2O2/c27-24-15-7-6-14-23(24)26(30)28(21(18-29)17-19-9-2-1-3-10-19)25-16-8-12-20-11-4-5-13-22(20)25/h1-16,21,29H,17-18,27H2. The molecule has 0 aliphatic rings. The fourth-order valence-corrected chi connectivity index (χ4v) is 3.84. The number of hydrogen-bond acceptors (Lipinski definition) is 3. The molecular weight excluding hydrogens is 372 g/mol.